The molecule has 18 heavy (non-hydrogen) atoms. The number of nitrogens with two attached hydrogens (primary N) is 1. The van der Waals surface area contributed by atoms with Gasteiger partial charge in [-0.05, 0) is 19.9 Å². The highest BCUT2D eigenvalue weighted by Gasteiger charge is 2.19. The Bertz CT molecular complexity index is 579. The maximum atomic E-state index is 5.90. The van der Waals surface area contributed by atoms with Crippen molar-refractivity contribution in [3.05, 3.63) is 27.6 Å². The summed E-state index contributed by atoms with van der Waals surface area (Å²) < 4.78 is 0. The second-order valence-electron chi connectivity index (χ2n) is 5.58. The van der Waals surface area contributed by atoms with Gasteiger partial charge in [0.25, 0.3) is 0 Å². The smallest absolute Gasteiger partial charge is 0.162 e. The van der Waals surface area contributed by atoms with E-state index in [1.54, 1.807) is 11.3 Å². The van der Waals surface area contributed by atoms with Crippen LogP contribution in [0.25, 0.3) is 11.4 Å². The van der Waals surface area contributed by atoms with E-state index >= 15 is 0 Å². The lowest BCUT2D eigenvalue weighted by molar-refractivity contribution is 0.568. The zero-order valence-corrected chi connectivity index (χ0v) is 12.4. The Hall–Kier alpha value is -1.42. The SMILES string of the molecule is Cc1cc(-c2nc(N)cc(C(C)(C)C)n2)c(C)s1. The van der Waals surface area contributed by atoms with Crippen molar-refractivity contribution < 1.29 is 0 Å². The van der Waals surface area contributed by atoms with Gasteiger partial charge in [0, 0.05) is 26.8 Å². The molecule has 0 atom stereocenters. The molecule has 2 heterocycles. The molecule has 4 heteroatoms. The summed E-state index contributed by atoms with van der Waals surface area (Å²) in [5, 5.41) is 0. The second kappa shape index (κ2) is 4.35. The van der Waals surface area contributed by atoms with E-state index in [0.29, 0.717) is 5.82 Å². The average Bonchev–Trinajstić information content (AvgIpc) is 2.55. The molecule has 0 saturated carbocycles. The zero-order chi connectivity index (χ0) is 13.5. The lowest BCUT2D eigenvalue weighted by Crippen LogP contribution is -2.15. The molecule has 2 aromatic rings. The first-order valence-electron chi connectivity index (χ1n) is 6.00. The number of hydrogen-bond donors (Lipinski definition) is 1. The van der Waals surface area contributed by atoms with Crippen LogP contribution >= 0.6 is 11.3 Å². The Kier molecular flexibility index (Phi) is 3.15. The van der Waals surface area contributed by atoms with Gasteiger partial charge in [-0.2, -0.15) is 0 Å². The van der Waals surface area contributed by atoms with Crippen LogP contribution < -0.4 is 5.73 Å². The fourth-order valence-corrected chi connectivity index (χ4v) is 2.74. The van der Waals surface area contributed by atoms with Crippen molar-refractivity contribution in [3.8, 4) is 11.4 Å². The number of aromatic nitrogens is 2. The van der Waals surface area contributed by atoms with Crippen molar-refractivity contribution in [1.82, 2.24) is 9.97 Å². The van der Waals surface area contributed by atoms with Crippen LogP contribution in [0.3, 0.4) is 0 Å². The predicted octanol–water partition coefficient (Wildman–Crippen LogP) is 3.70. The van der Waals surface area contributed by atoms with E-state index in [2.05, 4.69) is 50.7 Å². The van der Waals surface area contributed by atoms with Crippen LogP contribution in [0.15, 0.2) is 12.1 Å². The largest absolute Gasteiger partial charge is 0.384 e. The Balaban J connectivity index is 2.59. The topological polar surface area (TPSA) is 51.8 Å². The van der Waals surface area contributed by atoms with Crippen molar-refractivity contribution in [1.29, 1.82) is 0 Å². The minimum atomic E-state index is -0.0230. The van der Waals surface area contributed by atoms with Crippen LogP contribution in [0.4, 0.5) is 5.82 Å². The second-order valence-corrected chi connectivity index (χ2v) is 7.04. The molecule has 96 valence electrons. The summed E-state index contributed by atoms with van der Waals surface area (Å²) >= 11 is 1.76. The van der Waals surface area contributed by atoms with Crippen molar-refractivity contribution in [3.63, 3.8) is 0 Å². The summed E-state index contributed by atoms with van der Waals surface area (Å²) in [5.41, 5.74) is 7.95. The molecular formula is C14H19N3S. The van der Waals surface area contributed by atoms with E-state index in [0.717, 1.165) is 17.1 Å². The monoisotopic (exact) mass is 261 g/mol. The third-order valence-electron chi connectivity index (χ3n) is 2.80. The van der Waals surface area contributed by atoms with Gasteiger partial charge in [-0.25, -0.2) is 9.97 Å². The van der Waals surface area contributed by atoms with Gasteiger partial charge in [0.05, 0.1) is 5.69 Å². The highest BCUT2D eigenvalue weighted by molar-refractivity contribution is 7.12. The normalized spacial score (nSPS) is 11.8. The Morgan fingerprint density at radius 2 is 1.78 bits per heavy atom. The van der Waals surface area contributed by atoms with E-state index in [1.165, 1.54) is 9.75 Å². The van der Waals surface area contributed by atoms with Crippen LogP contribution in [0.1, 0.15) is 36.2 Å². The van der Waals surface area contributed by atoms with Crippen molar-refractivity contribution >= 4 is 17.2 Å². The number of anilines is 1. The summed E-state index contributed by atoms with van der Waals surface area (Å²) in [4.78, 5) is 11.5. The number of aryl methyl sites for hydroxylation is 2. The molecule has 2 N–H and O–H groups in total. The Labute approximate surface area is 112 Å². The van der Waals surface area contributed by atoms with Gasteiger partial charge >= 0.3 is 0 Å². The van der Waals surface area contributed by atoms with Gasteiger partial charge in [-0.3, -0.25) is 0 Å². The highest BCUT2D eigenvalue weighted by atomic mass is 32.1. The number of nitrogen functional groups attached to an aromatic ring is 1. The van der Waals surface area contributed by atoms with Crippen molar-refractivity contribution in [2.45, 2.75) is 40.0 Å². The first kappa shape index (κ1) is 13.0. The molecular weight excluding hydrogens is 242 g/mol. The number of hydrogen-bond acceptors (Lipinski definition) is 4. The minimum Gasteiger partial charge on any atom is -0.384 e. The average molecular weight is 261 g/mol. The summed E-state index contributed by atoms with van der Waals surface area (Å²) in [7, 11) is 0. The maximum absolute atomic E-state index is 5.90. The molecule has 0 aromatic carbocycles. The molecule has 0 spiro atoms. The van der Waals surface area contributed by atoms with Crippen LogP contribution in [-0.4, -0.2) is 9.97 Å². The van der Waals surface area contributed by atoms with Crippen molar-refractivity contribution in [2.75, 3.05) is 5.73 Å². The quantitative estimate of drug-likeness (QED) is 0.851. The number of rotatable bonds is 1. The molecule has 0 aliphatic carbocycles. The van der Waals surface area contributed by atoms with Crippen LogP contribution in [0.5, 0.6) is 0 Å². The molecule has 0 aliphatic rings. The molecule has 2 aromatic heterocycles. The van der Waals surface area contributed by atoms with Gasteiger partial charge in [-0.15, -0.1) is 11.3 Å². The first-order chi connectivity index (χ1) is 8.27. The standard InChI is InChI=1S/C14H19N3S/c1-8-6-10(9(2)18-8)13-16-11(14(3,4)5)7-12(15)17-13/h6-7H,1-5H3,(H2,15,16,17). The van der Waals surface area contributed by atoms with E-state index < -0.39 is 0 Å². The van der Waals surface area contributed by atoms with E-state index in [4.69, 9.17) is 5.73 Å². The fraction of sp³-hybridized carbons (Fsp3) is 0.429. The Morgan fingerprint density at radius 1 is 1.11 bits per heavy atom. The third-order valence-corrected chi connectivity index (χ3v) is 3.76. The van der Waals surface area contributed by atoms with E-state index in [-0.39, 0.29) is 5.41 Å². The molecule has 0 aliphatic heterocycles. The number of nitrogens with zero attached hydrogens (tertiary/aromatic N) is 2. The van der Waals surface area contributed by atoms with Crippen LogP contribution in [-0.2, 0) is 5.41 Å². The summed E-state index contributed by atoms with van der Waals surface area (Å²) in [5.74, 6) is 1.27. The van der Waals surface area contributed by atoms with Crippen molar-refractivity contribution in [2.24, 2.45) is 0 Å². The summed E-state index contributed by atoms with van der Waals surface area (Å²) in [6, 6.07) is 3.99. The molecule has 0 saturated heterocycles. The molecule has 0 bridgehead atoms. The first-order valence-corrected chi connectivity index (χ1v) is 6.81. The van der Waals surface area contributed by atoms with Gasteiger partial charge in [-0.1, -0.05) is 20.8 Å². The van der Waals surface area contributed by atoms with E-state index in [1.807, 2.05) is 6.07 Å². The van der Waals surface area contributed by atoms with Gasteiger partial charge < -0.3 is 5.73 Å². The van der Waals surface area contributed by atoms with Gasteiger partial charge in [0.15, 0.2) is 5.82 Å². The summed E-state index contributed by atoms with van der Waals surface area (Å²) in [6.45, 7) is 10.6. The molecule has 0 fully saturated rings. The predicted molar refractivity (Wildman–Crippen MR) is 77.9 cm³/mol. The van der Waals surface area contributed by atoms with E-state index in [9.17, 15) is 0 Å². The fourth-order valence-electron chi connectivity index (χ4n) is 1.82. The number of thiophene rings is 1. The Morgan fingerprint density at radius 3 is 2.28 bits per heavy atom. The van der Waals surface area contributed by atoms with Gasteiger partial charge in [0.1, 0.15) is 5.82 Å². The molecule has 0 amide bonds. The lowest BCUT2D eigenvalue weighted by atomic mass is 9.92. The molecule has 2 rings (SSSR count). The zero-order valence-electron chi connectivity index (χ0n) is 11.5. The highest BCUT2D eigenvalue weighted by Crippen LogP contribution is 2.30. The molecule has 3 nitrogen and oxygen atoms in total. The molecule has 0 radical (unpaired) electrons. The minimum absolute atomic E-state index is 0.0230. The maximum Gasteiger partial charge on any atom is 0.162 e. The third kappa shape index (κ3) is 2.53. The lowest BCUT2D eigenvalue weighted by Gasteiger charge is -2.18. The summed E-state index contributed by atoms with van der Waals surface area (Å²) in [6.07, 6.45) is 0. The van der Waals surface area contributed by atoms with Crippen LogP contribution in [0.2, 0.25) is 0 Å². The van der Waals surface area contributed by atoms with Crippen LogP contribution in [0, 0.1) is 13.8 Å². The van der Waals surface area contributed by atoms with Gasteiger partial charge in [0.2, 0.25) is 0 Å². The molecule has 0 unspecified atom stereocenters.